The number of nitriles is 1. The lowest BCUT2D eigenvalue weighted by atomic mass is 10.1. The number of ether oxygens (including phenoxy) is 1. The summed E-state index contributed by atoms with van der Waals surface area (Å²) in [6.45, 7) is 1.69. The molecule has 0 saturated heterocycles. The molecule has 2 aromatic rings. The molecule has 0 unspecified atom stereocenters. The molecule has 0 spiro atoms. The minimum Gasteiger partial charge on any atom is -0.486 e. The smallest absolute Gasteiger partial charge is 0.165 e. The SMILES string of the molecule is Cc1ccc(F)c(OCc2cc(C#N)ccc2F)c1. The molecule has 0 atom stereocenters. The second-order valence-corrected chi connectivity index (χ2v) is 4.14. The molecule has 0 aliphatic carbocycles. The maximum absolute atomic E-state index is 13.5. The Kier molecular flexibility index (Phi) is 3.76. The number of hydrogen-bond acceptors (Lipinski definition) is 2. The summed E-state index contributed by atoms with van der Waals surface area (Å²) in [5.74, 6) is -0.906. The molecule has 2 rings (SSSR count). The molecule has 0 fully saturated rings. The Balaban J connectivity index is 2.19. The van der Waals surface area contributed by atoms with E-state index < -0.39 is 11.6 Å². The summed E-state index contributed by atoms with van der Waals surface area (Å²) in [4.78, 5) is 0. The van der Waals surface area contributed by atoms with E-state index >= 15 is 0 Å². The van der Waals surface area contributed by atoms with E-state index in [1.165, 1.54) is 24.3 Å². The summed E-state index contributed by atoms with van der Waals surface area (Å²) in [7, 11) is 0. The maximum atomic E-state index is 13.5. The predicted molar refractivity (Wildman–Crippen MR) is 66.6 cm³/mol. The van der Waals surface area contributed by atoms with Crippen molar-refractivity contribution in [2.24, 2.45) is 0 Å². The van der Waals surface area contributed by atoms with Crippen LogP contribution in [-0.2, 0) is 6.61 Å². The monoisotopic (exact) mass is 259 g/mol. The fraction of sp³-hybridized carbons (Fsp3) is 0.133. The van der Waals surface area contributed by atoms with Crippen LogP contribution < -0.4 is 4.74 Å². The molecule has 0 aliphatic heterocycles. The first-order valence-electron chi connectivity index (χ1n) is 5.67. The van der Waals surface area contributed by atoms with E-state index in [1.54, 1.807) is 12.1 Å². The van der Waals surface area contributed by atoms with Crippen LogP contribution in [0.15, 0.2) is 36.4 Å². The van der Waals surface area contributed by atoms with Crippen LogP contribution in [0.1, 0.15) is 16.7 Å². The Labute approximate surface area is 109 Å². The highest BCUT2D eigenvalue weighted by Crippen LogP contribution is 2.20. The van der Waals surface area contributed by atoms with Crippen LogP contribution in [0.5, 0.6) is 5.75 Å². The summed E-state index contributed by atoms with van der Waals surface area (Å²) < 4.78 is 32.2. The van der Waals surface area contributed by atoms with Gasteiger partial charge in [0.2, 0.25) is 0 Å². The van der Waals surface area contributed by atoms with E-state index in [-0.39, 0.29) is 17.9 Å². The molecule has 0 radical (unpaired) electrons. The summed E-state index contributed by atoms with van der Waals surface area (Å²) in [6, 6.07) is 10.4. The van der Waals surface area contributed by atoms with Crippen molar-refractivity contribution >= 4 is 0 Å². The van der Waals surface area contributed by atoms with Crippen molar-refractivity contribution in [3.8, 4) is 11.8 Å². The van der Waals surface area contributed by atoms with Crippen LogP contribution in [-0.4, -0.2) is 0 Å². The molecule has 0 heterocycles. The van der Waals surface area contributed by atoms with E-state index in [4.69, 9.17) is 10.00 Å². The van der Waals surface area contributed by atoms with Gasteiger partial charge in [0.05, 0.1) is 11.6 Å². The fourth-order valence-electron chi connectivity index (χ4n) is 1.63. The van der Waals surface area contributed by atoms with Gasteiger partial charge >= 0.3 is 0 Å². The Bertz CT molecular complexity index is 647. The van der Waals surface area contributed by atoms with E-state index in [0.29, 0.717) is 5.56 Å². The second kappa shape index (κ2) is 5.49. The van der Waals surface area contributed by atoms with E-state index in [9.17, 15) is 8.78 Å². The first kappa shape index (κ1) is 13.0. The lowest BCUT2D eigenvalue weighted by Crippen LogP contribution is -2.01. The highest BCUT2D eigenvalue weighted by molar-refractivity contribution is 5.34. The topological polar surface area (TPSA) is 33.0 Å². The van der Waals surface area contributed by atoms with Crippen molar-refractivity contribution in [1.29, 1.82) is 5.26 Å². The number of benzene rings is 2. The minimum absolute atomic E-state index is 0.0711. The number of nitrogens with zero attached hydrogens (tertiary/aromatic N) is 1. The largest absolute Gasteiger partial charge is 0.486 e. The summed E-state index contributed by atoms with van der Waals surface area (Å²) in [5.41, 5.74) is 1.41. The molecule has 2 aromatic carbocycles. The average Bonchev–Trinajstić information content (AvgIpc) is 2.41. The van der Waals surface area contributed by atoms with Crippen molar-refractivity contribution < 1.29 is 13.5 Å². The van der Waals surface area contributed by atoms with Crippen molar-refractivity contribution in [2.75, 3.05) is 0 Å². The molecule has 0 N–H and O–H groups in total. The summed E-state index contributed by atoms with van der Waals surface area (Å²) >= 11 is 0. The van der Waals surface area contributed by atoms with Crippen molar-refractivity contribution in [2.45, 2.75) is 13.5 Å². The fourth-order valence-corrected chi connectivity index (χ4v) is 1.63. The molecule has 4 heteroatoms. The van der Waals surface area contributed by atoms with Crippen LogP contribution in [0.3, 0.4) is 0 Å². The number of halogens is 2. The molecule has 2 nitrogen and oxygen atoms in total. The third-order valence-electron chi connectivity index (χ3n) is 2.64. The van der Waals surface area contributed by atoms with Gasteiger partial charge in [-0.2, -0.15) is 5.26 Å². The van der Waals surface area contributed by atoms with Crippen molar-refractivity contribution in [3.05, 3.63) is 64.7 Å². The van der Waals surface area contributed by atoms with Gasteiger partial charge in [-0.15, -0.1) is 0 Å². The van der Waals surface area contributed by atoms with E-state index in [0.717, 1.165) is 5.56 Å². The van der Waals surface area contributed by atoms with Gasteiger partial charge in [-0.05, 0) is 42.8 Å². The molecule has 0 bridgehead atoms. The highest BCUT2D eigenvalue weighted by Gasteiger charge is 2.07. The molecule has 19 heavy (non-hydrogen) atoms. The normalized spacial score (nSPS) is 10.0. The first-order valence-corrected chi connectivity index (χ1v) is 5.67. The van der Waals surface area contributed by atoms with Crippen LogP contribution in [0.4, 0.5) is 8.78 Å². The quantitative estimate of drug-likeness (QED) is 0.841. The van der Waals surface area contributed by atoms with Crippen LogP contribution in [0.2, 0.25) is 0 Å². The Hall–Kier alpha value is -2.41. The Morgan fingerprint density at radius 1 is 1.11 bits per heavy atom. The predicted octanol–water partition coefficient (Wildman–Crippen LogP) is 3.72. The van der Waals surface area contributed by atoms with Crippen molar-refractivity contribution in [3.63, 3.8) is 0 Å². The number of aryl methyl sites for hydroxylation is 1. The van der Waals surface area contributed by atoms with E-state index in [1.807, 2.05) is 13.0 Å². The molecule has 0 aromatic heterocycles. The minimum atomic E-state index is -0.498. The highest BCUT2D eigenvalue weighted by atomic mass is 19.1. The molecule has 0 aliphatic rings. The van der Waals surface area contributed by atoms with Gasteiger partial charge in [-0.1, -0.05) is 6.07 Å². The average molecular weight is 259 g/mol. The van der Waals surface area contributed by atoms with E-state index in [2.05, 4.69) is 0 Å². The van der Waals surface area contributed by atoms with Crippen LogP contribution in [0, 0.1) is 29.9 Å². The molecule has 0 amide bonds. The molecule has 0 saturated carbocycles. The maximum Gasteiger partial charge on any atom is 0.165 e. The van der Waals surface area contributed by atoms with Gasteiger partial charge in [0, 0.05) is 5.56 Å². The van der Waals surface area contributed by atoms with Crippen LogP contribution >= 0.6 is 0 Å². The zero-order valence-corrected chi connectivity index (χ0v) is 10.3. The lowest BCUT2D eigenvalue weighted by Gasteiger charge is -2.09. The third kappa shape index (κ3) is 3.08. The Morgan fingerprint density at radius 2 is 1.84 bits per heavy atom. The lowest BCUT2D eigenvalue weighted by molar-refractivity contribution is 0.284. The van der Waals surface area contributed by atoms with Gasteiger partial charge in [0.15, 0.2) is 11.6 Å². The third-order valence-corrected chi connectivity index (χ3v) is 2.64. The van der Waals surface area contributed by atoms with Gasteiger partial charge < -0.3 is 4.74 Å². The second-order valence-electron chi connectivity index (χ2n) is 4.14. The molecule has 96 valence electrons. The number of rotatable bonds is 3. The van der Waals surface area contributed by atoms with Gasteiger partial charge in [-0.3, -0.25) is 0 Å². The molecular weight excluding hydrogens is 248 g/mol. The molecular formula is C15H11F2NO. The number of hydrogen-bond donors (Lipinski definition) is 0. The zero-order chi connectivity index (χ0) is 13.8. The van der Waals surface area contributed by atoms with Gasteiger partial charge in [0.1, 0.15) is 12.4 Å². The van der Waals surface area contributed by atoms with Crippen LogP contribution in [0.25, 0.3) is 0 Å². The zero-order valence-electron chi connectivity index (χ0n) is 10.3. The summed E-state index contributed by atoms with van der Waals surface area (Å²) in [5, 5.41) is 8.75. The van der Waals surface area contributed by atoms with Crippen molar-refractivity contribution in [1.82, 2.24) is 0 Å². The standard InChI is InChI=1S/C15H11F2NO/c1-10-2-4-14(17)15(6-10)19-9-12-7-11(8-18)3-5-13(12)16/h2-7H,9H2,1H3. The Morgan fingerprint density at radius 3 is 2.58 bits per heavy atom. The summed E-state index contributed by atoms with van der Waals surface area (Å²) in [6.07, 6.45) is 0. The van der Waals surface area contributed by atoms with Gasteiger partial charge in [0.25, 0.3) is 0 Å². The first-order chi connectivity index (χ1) is 9.10. The van der Waals surface area contributed by atoms with Gasteiger partial charge in [-0.25, -0.2) is 8.78 Å².